The number of H-pyrrole nitrogens is 1. The first-order chi connectivity index (χ1) is 10.7. The maximum Gasteiger partial charge on any atom is 0.196 e. The SMILES string of the molecule is COc1cccc(-c2c[nH]cc2C(=O)c2ccccc2Cl)c1. The van der Waals surface area contributed by atoms with Gasteiger partial charge in [-0.25, -0.2) is 0 Å². The molecule has 1 aromatic heterocycles. The minimum Gasteiger partial charge on any atom is -0.497 e. The van der Waals surface area contributed by atoms with Crippen LogP contribution in [0.2, 0.25) is 5.02 Å². The molecule has 3 aromatic rings. The van der Waals surface area contributed by atoms with Crippen LogP contribution in [0.5, 0.6) is 5.75 Å². The van der Waals surface area contributed by atoms with Crippen LogP contribution in [-0.2, 0) is 0 Å². The Balaban J connectivity index is 2.05. The molecule has 0 spiro atoms. The molecular formula is C18H14ClNO2. The smallest absolute Gasteiger partial charge is 0.196 e. The fraction of sp³-hybridized carbons (Fsp3) is 0.0556. The Morgan fingerprint density at radius 3 is 2.64 bits per heavy atom. The zero-order valence-electron chi connectivity index (χ0n) is 12.0. The van der Waals surface area contributed by atoms with E-state index in [4.69, 9.17) is 16.3 Å². The average Bonchev–Trinajstić information content (AvgIpc) is 3.04. The van der Waals surface area contributed by atoms with Crippen molar-refractivity contribution in [2.75, 3.05) is 7.11 Å². The largest absolute Gasteiger partial charge is 0.497 e. The zero-order chi connectivity index (χ0) is 15.5. The molecule has 0 unspecified atom stereocenters. The van der Waals surface area contributed by atoms with Crippen LogP contribution in [0.25, 0.3) is 11.1 Å². The molecule has 0 radical (unpaired) electrons. The standard InChI is InChI=1S/C18H14ClNO2/c1-22-13-6-4-5-12(9-13)15-10-20-11-16(15)18(21)14-7-2-3-8-17(14)19/h2-11,20H,1H3. The van der Waals surface area contributed by atoms with Crippen LogP contribution in [0.3, 0.4) is 0 Å². The summed E-state index contributed by atoms with van der Waals surface area (Å²) in [5.74, 6) is 0.638. The van der Waals surface area contributed by atoms with E-state index in [2.05, 4.69) is 4.98 Å². The molecule has 0 aliphatic rings. The predicted octanol–water partition coefficient (Wildman–Crippen LogP) is 4.57. The summed E-state index contributed by atoms with van der Waals surface area (Å²) in [4.78, 5) is 15.7. The second kappa shape index (κ2) is 6.08. The fourth-order valence-corrected chi connectivity index (χ4v) is 2.59. The number of methoxy groups -OCH3 is 1. The highest BCUT2D eigenvalue weighted by Crippen LogP contribution is 2.29. The Kier molecular flexibility index (Phi) is 3.98. The molecule has 1 heterocycles. The molecule has 0 amide bonds. The quantitative estimate of drug-likeness (QED) is 0.717. The highest BCUT2D eigenvalue weighted by Gasteiger charge is 2.18. The van der Waals surface area contributed by atoms with E-state index >= 15 is 0 Å². The third-order valence-corrected chi connectivity index (χ3v) is 3.82. The van der Waals surface area contributed by atoms with Crippen molar-refractivity contribution in [3.63, 3.8) is 0 Å². The van der Waals surface area contributed by atoms with Gasteiger partial charge in [0, 0.05) is 29.1 Å². The Labute approximate surface area is 133 Å². The highest BCUT2D eigenvalue weighted by atomic mass is 35.5. The van der Waals surface area contributed by atoms with Gasteiger partial charge >= 0.3 is 0 Å². The van der Waals surface area contributed by atoms with E-state index in [9.17, 15) is 4.79 Å². The van der Waals surface area contributed by atoms with Crippen molar-refractivity contribution in [1.82, 2.24) is 4.98 Å². The molecule has 0 saturated carbocycles. The van der Waals surface area contributed by atoms with Gasteiger partial charge in [-0.3, -0.25) is 4.79 Å². The first-order valence-corrected chi connectivity index (χ1v) is 7.19. The third kappa shape index (κ3) is 2.63. The number of aromatic nitrogens is 1. The topological polar surface area (TPSA) is 42.1 Å². The number of ether oxygens (including phenoxy) is 1. The monoisotopic (exact) mass is 311 g/mol. The van der Waals surface area contributed by atoms with E-state index in [1.165, 1.54) is 0 Å². The molecule has 1 N–H and O–H groups in total. The van der Waals surface area contributed by atoms with E-state index in [0.29, 0.717) is 16.1 Å². The number of hydrogen-bond donors (Lipinski definition) is 1. The molecule has 22 heavy (non-hydrogen) atoms. The molecule has 0 aliphatic heterocycles. The van der Waals surface area contributed by atoms with Gasteiger partial charge in [-0.05, 0) is 29.8 Å². The van der Waals surface area contributed by atoms with Crippen molar-refractivity contribution in [2.24, 2.45) is 0 Å². The normalized spacial score (nSPS) is 10.5. The number of halogens is 1. The zero-order valence-corrected chi connectivity index (χ0v) is 12.7. The molecule has 2 aromatic carbocycles. The number of carbonyl (C=O) groups excluding carboxylic acids is 1. The molecule has 0 bridgehead atoms. The van der Waals surface area contributed by atoms with Crippen molar-refractivity contribution >= 4 is 17.4 Å². The van der Waals surface area contributed by atoms with Gasteiger partial charge in [0.05, 0.1) is 12.1 Å². The second-order valence-electron chi connectivity index (χ2n) is 4.82. The van der Waals surface area contributed by atoms with Crippen LogP contribution >= 0.6 is 11.6 Å². The highest BCUT2D eigenvalue weighted by molar-refractivity contribution is 6.35. The molecule has 0 aliphatic carbocycles. The number of ketones is 1. The summed E-state index contributed by atoms with van der Waals surface area (Å²) in [7, 11) is 1.62. The van der Waals surface area contributed by atoms with E-state index in [0.717, 1.165) is 16.9 Å². The van der Waals surface area contributed by atoms with Crippen LogP contribution < -0.4 is 4.74 Å². The number of hydrogen-bond acceptors (Lipinski definition) is 2. The van der Waals surface area contributed by atoms with E-state index in [1.54, 1.807) is 43.8 Å². The van der Waals surface area contributed by atoms with Crippen molar-refractivity contribution < 1.29 is 9.53 Å². The Bertz CT molecular complexity index is 823. The van der Waals surface area contributed by atoms with E-state index in [1.807, 2.05) is 24.3 Å². The summed E-state index contributed by atoms with van der Waals surface area (Å²) in [5, 5.41) is 0.449. The molecule has 0 fully saturated rings. The summed E-state index contributed by atoms with van der Waals surface area (Å²) >= 11 is 6.13. The molecule has 4 heteroatoms. The third-order valence-electron chi connectivity index (χ3n) is 3.49. The van der Waals surface area contributed by atoms with Crippen molar-refractivity contribution in [3.05, 3.63) is 77.1 Å². The van der Waals surface area contributed by atoms with Crippen LogP contribution in [0, 0.1) is 0 Å². The summed E-state index contributed by atoms with van der Waals surface area (Å²) in [6.45, 7) is 0. The number of rotatable bonds is 4. The van der Waals surface area contributed by atoms with Crippen molar-refractivity contribution in [2.45, 2.75) is 0 Å². The van der Waals surface area contributed by atoms with Gasteiger partial charge in [0.25, 0.3) is 0 Å². The second-order valence-corrected chi connectivity index (χ2v) is 5.23. The van der Waals surface area contributed by atoms with Crippen LogP contribution in [-0.4, -0.2) is 17.9 Å². The van der Waals surface area contributed by atoms with Crippen molar-refractivity contribution in [3.8, 4) is 16.9 Å². The van der Waals surface area contributed by atoms with Gasteiger partial charge in [-0.15, -0.1) is 0 Å². The Morgan fingerprint density at radius 2 is 1.86 bits per heavy atom. The predicted molar refractivity (Wildman–Crippen MR) is 87.7 cm³/mol. The minimum absolute atomic E-state index is 0.107. The van der Waals surface area contributed by atoms with Crippen LogP contribution in [0.1, 0.15) is 15.9 Å². The van der Waals surface area contributed by atoms with Gasteiger partial charge < -0.3 is 9.72 Å². The first kappa shape index (κ1) is 14.4. The molecule has 3 rings (SSSR count). The number of aromatic amines is 1. The van der Waals surface area contributed by atoms with Gasteiger partial charge in [-0.1, -0.05) is 35.9 Å². The molecule has 0 atom stereocenters. The van der Waals surface area contributed by atoms with E-state index < -0.39 is 0 Å². The van der Waals surface area contributed by atoms with Gasteiger partial charge in [0.1, 0.15) is 5.75 Å². The summed E-state index contributed by atoms with van der Waals surface area (Å²) in [6.07, 6.45) is 3.50. The number of nitrogens with one attached hydrogen (secondary N) is 1. The first-order valence-electron chi connectivity index (χ1n) is 6.81. The summed E-state index contributed by atoms with van der Waals surface area (Å²) in [6, 6.07) is 14.6. The molecule has 3 nitrogen and oxygen atoms in total. The fourth-order valence-electron chi connectivity index (χ4n) is 2.37. The molecule has 0 saturated heterocycles. The lowest BCUT2D eigenvalue weighted by Crippen LogP contribution is -2.02. The summed E-state index contributed by atoms with van der Waals surface area (Å²) < 4.78 is 5.24. The minimum atomic E-state index is -0.107. The number of benzene rings is 2. The molecular weight excluding hydrogens is 298 g/mol. The van der Waals surface area contributed by atoms with Crippen LogP contribution in [0.4, 0.5) is 0 Å². The Morgan fingerprint density at radius 1 is 1.05 bits per heavy atom. The Hall–Kier alpha value is -2.52. The molecule has 110 valence electrons. The van der Waals surface area contributed by atoms with Crippen LogP contribution in [0.15, 0.2) is 60.9 Å². The average molecular weight is 312 g/mol. The summed E-state index contributed by atoms with van der Waals surface area (Å²) in [5.41, 5.74) is 2.81. The lowest BCUT2D eigenvalue weighted by molar-refractivity contribution is 0.103. The van der Waals surface area contributed by atoms with Gasteiger partial charge in [0.2, 0.25) is 0 Å². The lowest BCUT2D eigenvalue weighted by Gasteiger charge is -2.07. The maximum absolute atomic E-state index is 12.7. The van der Waals surface area contributed by atoms with Gasteiger partial charge in [0.15, 0.2) is 5.78 Å². The van der Waals surface area contributed by atoms with Gasteiger partial charge in [-0.2, -0.15) is 0 Å². The number of carbonyl (C=O) groups is 1. The lowest BCUT2D eigenvalue weighted by atomic mass is 9.98. The maximum atomic E-state index is 12.7. The van der Waals surface area contributed by atoms with Crippen molar-refractivity contribution in [1.29, 1.82) is 0 Å². The van der Waals surface area contributed by atoms with E-state index in [-0.39, 0.29) is 5.78 Å².